The molecule has 0 amide bonds. The fraction of sp³-hybridized carbons (Fsp3) is 0.316. The molecule has 1 aromatic carbocycles. The second-order valence-electron chi connectivity index (χ2n) is 6.59. The van der Waals surface area contributed by atoms with Crippen molar-refractivity contribution in [2.75, 3.05) is 43.4 Å². The first-order valence-corrected chi connectivity index (χ1v) is 8.83. The number of benzene rings is 1. The summed E-state index contributed by atoms with van der Waals surface area (Å²) in [6, 6.07) is 12.1. The van der Waals surface area contributed by atoms with Gasteiger partial charge in [-0.1, -0.05) is 18.2 Å². The van der Waals surface area contributed by atoms with E-state index in [2.05, 4.69) is 43.3 Å². The van der Waals surface area contributed by atoms with Gasteiger partial charge in [0.15, 0.2) is 0 Å². The third-order valence-electron chi connectivity index (χ3n) is 4.70. The van der Waals surface area contributed by atoms with Crippen molar-refractivity contribution in [3.63, 3.8) is 0 Å². The third kappa shape index (κ3) is 3.52. The molecule has 4 rings (SSSR count). The van der Waals surface area contributed by atoms with Gasteiger partial charge in [-0.2, -0.15) is 4.98 Å². The van der Waals surface area contributed by atoms with Crippen LogP contribution in [0.1, 0.15) is 5.69 Å². The molecule has 1 aliphatic rings. The van der Waals surface area contributed by atoms with E-state index in [9.17, 15) is 0 Å². The molecule has 1 saturated heterocycles. The van der Waals surface area contributed by atoms with E-state index in [0.717, 1.165) is 48.9 Å². The quantitative estimate of drug-likeness (QED) is 0.781. The topological polar surface area (TPSA) is 62.1 Å². The normalized spacial score (nSPS) is 15.2. The fourth-order valence-electron chi connectivity index (χ4n) is 3.03. The van der Waals surface area contributed by atoms with Crippen LogP contribution in [-0.4, -0.2) is 57.9 Å². The molecule has 134 valence electrons. The Labute approximate surface area is 153 Å². The van der Waals surface area contributed by atoms with Gasteiger partial charge < -0.3 is 15.1 Å². The highest BCUT2D eigenvalue weighted by molar-refractivity contribution is 5.63. The van der Waals surface area contributed by atoms with Crippen molar-refractivity contribution >= 4 is 17.3 Å². The Morgan fingerprint density at radius 2 is 1.73 bits per heavy atom. The van der Waals surface area contributed by atoms with Crippen molar-refractivity contribution in [3.05, 3.63) is 54.6 Å². The molecule has 1 aliphatic heterocycles. The minimum Gasteiger partial charge on any atom is -0.368 e. The molecule has 2 aromatic heterocycles. The second kappa shape index (κ2) is 7.13. The summed E-state index contributed by atoms with van der Waals surface area (Å²) in [6.45, 7) is 6.16. The van der Waals surface area contributed by atoms with E-state index < -0.39 is 0 Å². The number of aromatic nitrogens is 4. The molecule has 0 spiro atoms. The zero-order valence-electron chi connectivity index (χ0n) is 15.1. The number of hydrogen-bond acceptors (Lipinski definition) is 6. The zero-order valence-corrected chi connectivity index (χ0v) is 15.1. The predicted molar refractivity (Wildman–Crippen MR) is 103 cm³/mol. The van der Waals surface area contributed by atoms with Crippen LogP contribution >= 0.6 is 0 Å². The first kappa shape index (κ1) is 16.5. The van der Waals surface area contributed by atoms with Crippen molar-refractivity contribution < 1.29 is 0 Å². The smallest absolute Gasteiger partial charge is 0.247 e. The molecule has 0 aliphatic carbocycles. The number of aryl methyl sites for hydroxylation is 1. The number of rotatable bonds is 4. The zero-order chi connectivity index (χ0) is 17.9. The van der Waals surface area contributed by atoms with Crippen molar-refractivity contribution in [3.8, 4) is 5.69 Å². The maximum absolute atomic E-state index is 4.55. The van der Waals surface area contributed by atoms with E-state index in [1.54, 1.807) is 11.0 Å². The number of nitrogens with one attached hydrogen (secondary N) is 1. The molecule has 1 N–H and O–H groups in total. The predicted octanol–water partition coefficient (Wildman–Crippen LogP) is 2.47. The molecule has 7 heteroatoms. The number of likely N-dealkylation sites (N-methyl/N-ethyl adjacent to an activating group) is 1. The van der Waals surface area contributed by atoms with Crippen molar-refractivity contribution in [1.82, 2.24) is 24.6 Å². The van der Waals surface area contributed by atoms with E-state index >= 15 is 0 Å². The van der Waals surface area contributed by atoms with Gasteiger partial charge in [0.2, 0.25) is 5.95 Å². The van der Waals surface area contributed by atoms with Crippen molar-refractivity contribution in [2.24, 2.45) is 0 Å². The molecule has 0 atom stereocenters. The van der Waals surface area contributed by atoms with Gasteiger partial charge in [0, 0.05) is 26.2 Å². The van der Waals surface area contributed by atoms with Crippen LogP contribution in [-0.2, 0) is 0 Å². The van der Waals surface area contributed by atoms with Crippen molar-refractivity contribution in [1.29, 1.82) is 0 Å². The third-order valence-corrected chi connectivity index (χ3v) is 4.70. The summed E-state index contributed by atoms with van der Waals surface area (Å²) in [4.78, 5) is 13.6. The van der Waals surface area contributed by atoms with E-state index in [1.165, 1.54) is 0 Å². The molecule has 0 radical (unpaired) electrons. The number of nitrogens with zero attached hydrogens (tertiary/aromatic N) is 6. The summed E-state index contributed by atoms with van der Waals surface area (Å²) in [5.74, 6) is 0.564. The summed E-state index contributed by atoms with van der Waals surface area (Å²) in [7, 11) is 2.16. The second-order valence-corrected chi connectivity index (χ2v) is 6.59. The minimum atomic E-state index is 0.564. The number of piperazine rings is 1. The van der Waals surface area contributed by atoms with Gasteiger partial charge in [0.05, 0.1) is 29.0 Å². The Balaban J connectivity index is 1.53. The van der Waals surface area contributed by atoms with Crippen LogP contribution < -0.4 is 10.2 Å². The molecule has 0 bridgehead atoms. The lowest BCUT2D eigenvalue weighted by Gasteiger charge is -2.34. The Morgan fingerprint density at radius 1 is 0.962 bits per heavy atom. The molecule has 0 saturated carbocycles. The van der Waals surface area contributed by atoms with Crippen LogP contribution in [0.4, 0.5) is 17.3 Å². The molecule has 1 fully saturated rings. The number of hydrogen-bond donors (Lipinski definition) is 1. The Bertz CT molecular complexity index is 867. The van der Waals surface area contributed by atoms with Gasteiger partial charge in [-0.05, 0) is 32.2 Å². The van der Waals surface area contributed by atoms with Gasteiger partial charge in [-0.25, -0.2) is 4.68 Å². The van der Waals surface area contributed by atoms with E-state index in [-0.39, 0.29) is 0 Å². The average molecular weight is 349 g/mol. The minimum absolute atomic E-state index is 0.564. The average Bonchev–Trinajstić information content (AvgIpc) is 3.14. The summed E-state index contributed by atoms with van der Waals surface area (Å²) in [5, 5.41) is 7.82. The molecular formula is C19H23N7. The van der Waals surface area contributed by atoms with Crippen molar-refractivity contribution in [2.45, 2.75) is 6.92 Å². The van der Waals surface area contributed by atoms with Gasteiger partial charge >= 0.3 is 0 Å². The SMILES string of the molecule is Cc1ncc(N2CCN(C)CC2)cc1Nc1ncn(-c2ccccc2)n1. The molecule has 26 heavy (non-hydrogen) atoms. The first-order chi connectivity index (χ1) is 12.7. The largest absolute Gasteiger partial charge is 0.368 e. The highest BCUT2D eigenvalue weighted by Crippen LogP contribution is 2.24. The summed E-state index contributed by atoms with van der Waals surface area (Å²) < 4.78 is 1.76. The maximum Gasteiger partial charge on any atom is 0.247 e. The standard InChI is InChI=1S/C19H23N7/c1-15-18(12-17(13-20-15)25-10-8-24(2)9-11-25)22-19-21-14-26(23-19)16-6-4-3-5-7-16/h3-7,12-14H,8-11H2,1-2H3,(H,22,23). The lowest BCUT2D eigenvalue weighted by molar-refractivity contribution is 0.313. The van der Waals surface area contributed by atoms with E-state index in [4.69, 9.17) is 0 Å². The monoisotopic (exact) mass is 349 g/mol. The van der Waals surface area contributed by atoms with Gasteiger partial charge in [-0.3, -0.25) is 4.98 Å². The number of para-hydroxylation sites is 1. The summed E-state index contributed by atoms with van der Waals surface area (Å²) >= 11 is 0. The lowest BCUT2D eigenvalue weighted by atomic mass is 10.2. The maximum atomic E-state index is 4.55. The highest BCUT2D eigenvalue weighted by Gasteiger charge is 2.16. The Hall–Kier alpha value is -2.93. The van der Waals surface area contributed by atoms with Crippen LogP contribution in [0.3, 0.4) is 0 Å². The van der Waals surface area contributed by atoms with E-state index in [0.29, 0.717) is 5.95 Å². The summed E-state index contributed by atoms with van der Waals surface area (Å²) in [5.41, 5.74) is 3.98. The number of pyridine rings is 1. The molecule has 3 heterocycles. The van der Waals surface area contributed by atoms with Crippen LogP contribution in [0.5, 0.6) is 0 Å². The summed E-state index contributed by atoms with van der Waals surface area (Å²) in [6.07, 6.45) is 3.66. The first-order valence-electron chi connectivity index (χ1n) is 8.83. The molecular weight excluding hydrogens is 326 g/mol. The number of anilines is 3. The van der Waals surface area contributed by atoms with Crippen LogP contribution in [0, 0.1) is 6.92 Å². The van der Waals surface area contributed by atoms with E-state index in [1.807, 2.05) is 43.5 Å². The Morgan fingerprint density at radius 3 is 2.50 bits per heavy atom. The van der Waals surface area contributed by atoms with Crippen LogP contribution in [0.15, 0.2) is 48.9 Å². The molecule has 3 aromatic rings. The van der Waals surface area contributed by atoms with Gasteiger partial charge in [-0.15, -0.1) is 5.10 Å². The molecule has 7 nitrogen and oxygen atoms in total. The molecule has 0 unspecified atom stereocenters. The van der Waals surface area contributed by atoms with Gasteiger partial charge in [0.25, 0.3) is 0 Å². The Kier molecular flexibility index (Phi) is 4.53. The van der Waals surface area contributed by atoms with Crippen LogP contribution in [0.25, 0.3) is 5.69 Å². The highest BCUT2D eigenvalue weighted by atomic mass is 15.4. The van der Waals surface area contributed by atoms with Crippen LogP contribution in [0.2, 0.25) is 0 Å². The van der Waals surface area contributed by atoms with Gasteiger partial charge in [0.1, 0.15) is 6.33 Å². The lowest BCUT2D eigenvalue weighted by Crippen LogP contribution is -2.44. The fourth-order valence-corrected chi connectivity index (χ4v) is 3.03.